The van der Waals surface area contributed by atoms with Crippen LogP contribution in [0.1, 0.15) is 56.2 Å². The van der Waals surface area contributed by atoms with Gasteiger partial charge in [-0.25, -0.2) is 4.79 Å². The Morgan fingerprint density at radius 1 is 1.23 bits per heavy atom. The van der Waals surface area contributed by atoms with E-state index in [1.807, 2.05) is 0 Å². The van der Waals surface area contributed by atoms with E-state index in [-0.39, 0.29) is 23.6 Å². The highest BCUT2D eigenvalue weighted by Gasteiger charge is 2.68. The first-order valence-corrected chi connectivity index (χ1v) is 10.4. The van der Waals surface area contributed by atoms with Crippen molar-refractivity contribution in [1.29, 1.82) is 0 Å². The Bertz CT molecular complexity index is 984. The maximum Gasteiger partial charge on any atom is 0.458 e. The largest absolute Gasteiger partial charge is 0.458 e. The minimum Gasteiger partial charge on any atom is -0.381 e. The van der Waals surface area contributed by atoms with Crippen molar-refractivity contribution < 1.29 is 27.5 Å². The molecular formula is C23H25F3N2O3. The number of urea groups is 1. The van der Waals surface area contributed by atoms with Crippen LogP contribution in [0.5, 0.6) is 0 Å². The number of ether oxygens (including phenoxy) is 1. The molecule has 3 amide bonds. The first-order valence-electron chi connectivity index (χ1n) is 10.4. The number of hydrogen-bond acceptors (Lipinski definition) is 3. The molecule has 1 aromatic carbocycles. The maximum absolute atomic E-state index is 13.8. The molecule has 1 aliphatic heterocycles. The van der Waals surface area contributed by atoms with E-state index in [0.29, 0.717) is 24.8 Å². The quantitative estimate of drug-likeness (QED) is 0.568. The highest BCUT2D eigenvalue weighted by Crippen LogP contribution is 2.60. The van der Waals surface area contributed by atoms with Crippen LogP contribution >= 0.6 is 0 Å². The Labute approximate surface area is 179 Å². The smallest absolute Gasteiger partial charge is 0.381 e. The van der Waals surface area contributed by atoms with Gasteiger partial charge in [-0.2, -0.15) is 13.2 Å². The molecule has 1 aromatic rings. The van der Waals surface area contributed by atoms with Crippen LogP contribution in [0.4, 0.5) is 18.0 Å². The molecule has 0 radical (unpaired) electrons. The Morgan fingerprint density at radius 2 is 1.90 bits per heavy atom. The lowest BCUT2D eigenvalue weighted by Gasteiger charge is -2.46. The number of methoxy groups -OCH3 is 1. The third-order valence-electron chi connectivity index (χ3n) is 6.98. The van der Waals surface area contributed by atoms with Gasteiger partial charge in [0.2, 0.25) is 0 Å². The molecule has 166 valence electrons. The van der Waals surface area contributed by atoms with Crippen LogP contribution in [0.2, 0.25) is 0 Å². The van der Waals surface area contributed by atoms with Crippen molar-refractivity contribution in [1.82, 2.24) is 10.2 Å². The molecule has 1 N–H and O–H groups in total. The fraction of sp³-hybridized carbons (Fsp3) is 0.565. The summed E-state index contributed by atoms with van der Waals surface area (Å²) in [4.78, 5) is 27.9. The lowest BCUT2D eigenvalue weighted by Crippen LogP contribution is -2.57. The highest BCUT2D eigenvalue weighted by molar-refractivity contribution is 6.09. The van der Waals surface area contributed by atoms with Crippen molar-refractivity contribution in [3.05, 3.63) is 34.9 Å². The van der Waals surface area contributed by atoms with Gasteiger partial charge in [-0.1, -0.05) is 12.0 Å². The summed E-state index contributed by atoms with van der Waals surface area (Å²) in [6.07, 6.45) is -1.11. The highest BCUT2D eigenvalue weighted by atomic mass is 19.4. The van der Waals surface area contributed by atoms with Crippen LogP contribution in [0.3, 0.4) is 0 Å². The number of rotatable bonds is 2. The fourth-order valence-electron chi connectivity index (χ4n) is 5.57. The second kappa shape index (κ2) is 7.27. The Morgan fingerprint density at radius 3 is 2.45 bits per heavy atom. The first-order chi connectivity index (χ1) is 14.5. The summed E-state index contributed by atoms with van der Waals surface area (Å²) in [7, 11) is 1.66. The molecule has 1 unspecified atom stereocenters. The number of benzene rings is 1. The van der Waals surface area contributed by atoms with E-state index in [1.54, 1.807) is 39.2 Å². The number of halogens is 3. The molecule has 3 aliphatic rings. The third-order valence-corrected chi connectivity index (χ3v) is 6.98. The van der Waals surface area contributed by atoms with Crippen molar-refractivity contribution in [3.8, 4) is 11.8 Å². The number of nitrogens with one attached hydrogen (secondary N) is 1. The van der Waals surface area contributed by atoms with E-state index < -0.39 is 23.2 Å². The lowest BCUT2D eigenvalue weighted by molar-refractivity contribution is -0.139. The summed E-state index contributed by atoms with van der Waals surface area (Å²) in [6.45, 7) is 3.54. The molecule has 0 bridgehead atoms. The lowest BCUT2D eigenvalue weighted by atomic mass is 9.61. The van der Waals surface area contributed by atoms with Gasteiger partial charge < -0.3 is 10.1 Å². The summed E-state index contributed by atoms with van der Waals surface area (Å²) >= 11 is 0. The second-order valence-electron chi connectivity index (χ2n) is 8.96. The molecule has 31 heavy (non-hydrogen) atoms. The minimum atomic E-state index is -4.61. The van der Waals surface area contributed by atoms with E-state index >= 15 is 0 Å². The number of hydrogen-bond donors (Lipinski definition) is 1. The zero-order chi connectivity index (χ0) is 22.6. The zero-order valence-electron chi connectivity index (χ0n) is 17.7. The summed E-state index contributed by atoms with van der Waals surface area (Å²) < 4.78 is 43.4. The number of carbonyl (C=O) groups is 2. The van der Waals surface area contributed by atoms with Crippen LogP contribution < -0.4 is 5.32 Å². The monoisotopic (exact) mass is 434 g/mol. The van der Waals surface area contributed by atoms with E-state index in [9.17, 15) is 22.8 Å². The molecule has 1 heterocycles. The zero-order valence-corrected chi connectivity index (χ0v) is 17.7. The number of amides is 3. The number of carbonyl (C=O) groups excluding carboxylic acids is 2. The molecule has 1 saturated carbocycles. The van der Waals surface area contributed by atoms with Gasteiger partial charge >= 0.3 is 12.2 Å². The standard InChI is InChI=1S/C23H25F3N2O3/c1-14(2)28-19(29)23(27-20(28)30)18-12-15(6-11-22(24,25)26)4-5-16(18)13-21(23)9-7-17(31-3)8-10-21/h4-5,12,14,17H,7-10,13H2,1-3H3,(H,27,30). The molecule has 4 rings (SSSR count). The van der Waals surface area contributed by atoms with Gasteiger partial charge in [-0.3, -0.25) is 9.69 Å². The predicted molar refractivity (Wildman–Crippen MR) is 107 cm³/mol. The van der Waals surface area contributed by atoms with Crippen molar-refractivity contribution in [2.24, 2.45) is 5.41 Å². The number of imide groups is 1. The van der Waals surface area contributed by atoms with Gasteiger partial charge in [-0.05, 0) is 69.2 Å². The first kappa shape index (κ1) is 21.7. The van der Waals surface area contributed by atoms with Crippen LogP contribution in [0, 0.1) is 17.3 Å². The summed E-state index contributed by atoms with van der Waals surface area (Å²) in [5, 5.41) is 2.99. The molecule has 1 atom stereocenters. The number of fused-ring (bicyclic) bond motifs is 3. The van der Waals surface area contributed by atoms with E-state index in [0.717, 1.165) is 18.4 Å². The molecule has 0 aromatic heterocycles. The van der Waals surface area contributed by atoms with Crippen molar-refractivity contribution in [2.45, 2.75) is 69.8 Å². The molecule has 2 spiro atoms. The number of nitrogens with zero attached hydrogens (tertiary/aromatic N) is 1. The average molecular weight is 434 g/mol. The normalized spacial score (nSPS) is 30.0. The van der Waals surface area contributed by atoms with Gasteiger partial charge in [0.05, 0.1) is 6.10 Å². The topological polar surface area (TPSA) is 58.6 Å². The Balaban J connectivity index is 1.85. The Kier molecular flexibility index (Phi) is 5.08. The van der Waals surface area contributed by atoms with Gasteiger partial charge in [0.15, 0.2) is 5.54 Å². The summed E-state index contributed by atoms with van der Waals surface area (Å²) in [5.74, 6) is 3.12. The van der Waals surface area contributed by atoms with Crippen LogP contribution in [-0.4, -0.2) is 42.3 Å². The SMILES string of the molecule is COC1CCC2(CC1)Cc1ccc(C#CC(F)(F)F)cc1C21NC(=O)N(C(C)C)C1=O. The van der Waals surface area contributed by atoms with Crippen molar-refractivity contribution >= 4 is 11.9 Å². The third kappa shape index (κ3) is 3.30. The number of alkyl halides is 3. The predicted octanol–water partition coefficient (Wildman–Crippen LogP) is 3.89. The Hall–Kier alpha value is -2.53. The average Bonchev–Trinajstić information content (AvgIpc) is 3.12. The van der Waals surface area contributed by atoms with Crippen molar-refractivity contribution in [3.63, 3.8) is 0 Å². The van der Waals surface area contributed by atoms with Crippen molar-refractivity contribution in [2.75, 3.05) is 7.11 Å². The van der Waals surface area contributed by atoms with Gasteiger partial charge in [0.25, 0.3) is 5.91 Å². The molecule has 5 nitrogen and oxygen atoms in total. The van der Waals surface area contributed by atoms with E-state index in [2.05, 4.69) is 11.2 Å². The summed E-state index contributed by atoms with van der Waals surface area (Å²) in [5.41, 5.74) is -0.232. The van der Waals surface area contributed by atoms with E-state index in [1.165, 1.54) is 10.8 Å². The fourth-order valence-corrected chi connectivity index (χ4v) is 5.57. The minimum absolute atomic E-state index is 0.0907. The molecule has 2 fully saturated rings. The van der Waals surface area contributed by atoms with Gasteiger partial charge in [-0.15, -0.1) is 0 Å². The summed E-state index contributed by atoms with van der Waals surface area (Å²) in [6, 6.07) is 4.04. The van der Waals surface area contributed by atoms with Gasteiger partial charge in [0, 0.05) is 30.1 Å². The molecule has 8 heteroatoms. The van der Waals surface area contributed by atoms with Crippen LogP contribution in [0.15, 0.2) is 18.2 Å². The van der Waals surface area contributed by atoms with E-state index in [4.69, 9.17) is 4.74 Å². The van der Waals surface area contributed by atoms with Crippen LogP contribution in [-0.2, 0) is 21.5 Å². The second-order valence-corrected chi connectivity index (χ2v) is 8.96. The molecular weight excluding hydrogens is 409 g/mol. The maximum atomic E-state index is 13.8. The molecule has 2 aliphatic carbocycles. The molecule has 1 saturated heterocycles. The van der Waals surface area contributed by atoms with Gasteiger partial charge in [0.1, 0.15) is 0 Å². The van der Waals surface area contributed by atoms with Crippen LogP contribution in [0.25, 0.3) is 0 Å².